The number of carbonyl (C=O) groups is 10. The summed E-state index contributed by atoms with van der Waals surface area (Å²) in [5.41, 5.74) is 0. The van der Waals surface area contributed by atoms with Gasteiger partial charge in [-0.1, -0.05) is 0 Å². The number of carboxylic acids is 2. The number of ether oxygens (including phenoxy) is 8. The van der Waals surface area contributed by atoms with Gasteiger partial charge in [0.1, 0.15) is 0 Å². The first kappa shape index (κ1) is 50.7. The van der Waals surface area contributed by atoms with E-state index in [0.717, 1.165) is 0 Å². The lowest BCUT2D eigenvalue weighted by molar-refractivity contribution is -0.151. The third-order valence-electron chi connectivity index (χ3n) is 6.94. The summed E-state index contributed by atoms with van der Waals surface area (Å²) in [6.45, 7) is 0.522. The van der Waals surface area contributed by atoms with Crippen LogP contribution in [-0.2, 0) is 85.8 Å². The Hall–Kier alpha value is -5.30. The number of aliphatic carboxylic acids is 2. The van der Waals surface area contributed by atoms with Gasteiger partial charge in [-0.2, -0.15) is 0 Å². The minimum absolute atomic E-state index is 0.0546. The maximum atomic E-state index is 11.9. The number of hydrogen-bond donors (Lipinski definition) is 2. The van der Waals surface area contributed by atoms with Gasteiger partial charge in [0.05, 0.1) is 117 Å². The number of carbonyl (C=O) groups excluding carboxylic acids is 8. The van der Waals surface area contributed by atoms with E-state index in [4.69, 9.17) is 48.1 Å². The summed E-state index contributed by atoms with van der Waals surface area (Å²) in [5.74, 6) is -6.98. The second-order valence-corrected chi connectivity index (χ2v) is 11.9. The van der Waals surface area contributed by atoms with Crippen molar-refractivity contribution >= 4 is 59.7 Å². The Balaban J connectivity index is 3.63. The summed E-state index contributed by atoms with van der Waals surface area (Å²) in [5, 5.41) is 17.0. The van der Waals surface area contributed by atoms with Crippen LogP contribution in [0, 0.1) is 0 Å². The topological polar surface area (TPSA) is 285 Å². The van der Waals surface area contributed by atoms with Gasteiger partial charge in [0.2, 0.25) is 0 Å². The Morgan fingerprint density at radius 1 is 0.232 bits per heavy atom. The average Bonchev–Trinajstić information content (AvgIpc) is 3.15. The minimum Gasteiger partial charge on any atom is -0.481 e. The third kappa shape index (κ3) is 35.7. The highest BCUT2D eigenvalue weighted by atomic mass is 16.6. The van der Waals surface area contributed by atoms with Crippen molar-refractivity contribution in [2.75, 3.05) is 52.9 Å². The first-order chi connectivity index (χ1) is 26.8. The number of hydrogen-bond acceptors (Lipinski definition) is 18. The lowest BCUT2D eigenvalue weighted by Crippen LogP contribution is -2.13. The highest BCUT2D eigenvalue weighted by Crippen LogP contribution is 2.04. The van der Waals surface area contributed by atoms with Gasteiger partial charge in [-0.05, 0) is 51.4 Å². The van der Waals surface area contributed by atoms with Gasteiger partial charge < -0.3 is 48.1 Å². The maximum Gasteiger partial charge on any atom is 0.306 e. The van der Waals surface area contributed by atoms with Crippen LogP contribution in [0.15, 0.2) is 0 Å². The van der Waals surface area contributed by atoms with E-state index in [2.05, 4.69) is 0 Å². The summed E-state index contributed by atoms with van der Waals surface area (Å²) < 4.78 is 39.8. The Bertz CT molecular complexity index is 1150. The Labute approximate surface area is 324 Å². The second kappa shape index (κ2) is 34.2. The van der Waals surface area contributed by atoms with Gasteiger partial charge in [-0.3, -0.25) is 47.9 Å². The van der Waals surface area contributed by atoms with Crippen molar-refractivity contribution in [1.82, 2.24) is 0 Å². The summed E-state index contributed by atoms with van der Waals surface area (Å²) in [6, 6.07) is 0. The monoisotopic (exact) mass is 806 g/mol. The van der Waals surface area contributed by atoms with Gasteiger partial charge in [0.25, 0.3) is 0 Å². The fourth-order valence-electron chi connectivity index (χ4n) is 3.91. The molecular formula is C36H54O20. The molecule has 0 bridgehead atoms. The molecular weight excluding hydrogens is 752 g/mol. The molecule has 0 unspecified atom stereocenters. The van der Waals surface area contributed by atoms with E-state index in [0.29, 0.717) is 51.4 Å². The SMILES string of the molecule is O=C(O)CCC(=O)OCCCCOC(=O)CCC(=O)OCCCCOC(=O)CCC(=O)OCCCCOC(=O)CCC(=O)OCCCCOC(=O)CCC(=O)O. The standard InChI is InChI=1S/C36H54O20/c37-27(38)9-11-29(41)49-19-1-3-21-51-31(43)13-15-33(45)53-23-5-7-25-55-35(47)17-18-36(48)56-26-8-6-24-54-34(46)16-14-32(44)52-22-4-2-20-50-30(42)12-10-28(39)40/h1-26H2,(H,37,38)(H,39,40). The predicted molar refractivity (Wildman–Crippen MR) is 186 cm³/mol. The van der Waals surface area contributed by atoms with E-state index >= 15 is 0 Å². The fourth-order valence-corrected chi connectivity index (χ4v) is 3.91. The molecule has 0 heterocycles. The molecule has 0 aromatic rings. The molecule has 2 N–H and O–H groups in total. The van der Waals surface area contributed by atoms with E-state index < -0.39 is 59.7 Å². The smallest absolute Gasteiger partial charge is 0.306 e. The molecule has 318 valence electrons. The normalized spacial score (nSPS) is 10.4. The van der Waals surface area contributed by atoms with Crippen LogP contribution in [0.5, 0.6) is 0 Å². The van der Waals surface area contributed by atoms with Crippen LogP contribution < -0.4 is 0 Å². The highest BCUT2D eigenvalue weighted by Gasteiger charge is 2.13. The minimum atomic E-state index is -1.09. The van der Waals surface area contributed by atoms with E-state index in [1.54, 1.807) is 0 Å². The van der Waals surface area contributed by atoms with Crippen molar-refractivity contribution in [1.29, 1.82) is 0 Å². The molecule has 0 aromatic carbocycles. The third-order valence-corrected chi connectivity index (χ3v) is 6.94. The largest absolute Gasteiger partial charge is 0.481 e. The molecule has 0 aliphatic rings. The van der Waals surface area contributed by atoms with Crippen LogP contribution >= 0.6 is 0 Å². The second-order valence-electron chi connectivity index (χ2n) is 11.9. The average molecular weight is 807 g/mol. The van der Waals surface area contributed by atoms with E-state index in [9.17, 15) is 47.9 Å². The van der Waals surface area contributed by atoms with Gasteiger partial charge >= 0.3 is 59.7 Å². The van der Waals surface area contributed by atoms with Crippen molar-refractivity contribution in [2.45, 2.75) is 116 Å². The summed E-state index contributed by atoms with van der Waals surface area (Å²) >= 11 is 0. The zero-order chi connectivity index (χ0) is 41.8. The van der Waals surface area contributed by atoms with Crippen LogP contribution in [0.2, 0.25) is 0 Å². The highest BCUT2D eigenvalue weighted by molar-refractivity contribution is 5.79. The van der Waals surface area contributed by atoms with Crippen molar-refractivity contribution in [3.8, 4) is 0 Å². The Kier molecular flexibility index (Phi) is 31.0. The van der Waals surface area contributed by atoms with E-state index in [1.165, 1.54) is 0 Å². The molecule has 0 spiro atoms. The van der Waals surface area contributed by atoms with Crippen molar-refractivity contribution in [3.63, 3.8) is 0 Å². The Morgan fingerprint density at radius 3 is 0.482 bits per heavy atom. The first-order valence-electron chi connectivity index (χ1n) is 18.5. The maximum absolute atomic E-state index is 11.9. The quantitative estimate of drug-likeness (QED) is 0.0528. The molecule has 20 heteroatoms. The van der Waals surface area contributed by atoms with Gasteiger partial charge in [0, 0.05) is 0 Å². The van der Waals surface area contributed by atoms with E-state index in [-0.39, 0.29) is 117 Å². The van der Waals surface area contributed by atoms with Crippen molar-refractivity contribution in [2.24, 2.45) is 0 Å². The number of esters is 8. The molecule has 0 fully saturated rings. The first-order valence-corrected chi connectivity index (χ1v) is 18.5. The number of unbranched alkanes of at least 4 members (excludes halogenated alkanes) is 4. The molecule has 0 saturated carbocycles. The summed E-state index contributed by atoms with van der Waals surface area (Å²) in [4.78, 5) is 114. The van der Waals surface area contributed by atoms with Crippen molar-refractivity contribution in [3.05, 3.63) is 0 Å². The Morgan fingerprint density at radius 2 is 0.357 bits per heavy atom. The summed E-state index contributed by atoms with van der Waals surface area (Å²) in [7, 11) is 0. The lowest BCUT2D eigenvalue weighted by atomic mass is 10.3. The van der Waals surface area contributed by atoms with E-state index in [1.807, 2.05) is 0 Å². The molecule has 0 aliphatic carbocycles. The van der Waals surface area contributed by atoms with Crippen LogP contribution in [-0.4, -0.2) is 123 Å². The van der Waals surface area contributed by atoms with Gasteiger partial charge in [-0.15, -0.1) is 0 Å². The molecule has 0 atom stereocenters. The van der Waals surface area contributed by atoms with Crippen LogP contribution in [0.3, 0.4) is 0 Å². The molecule has 0 amide bonds. The number of carboxylic acid groups (broad SMARTS) is 2. The molecule has 20 nitrogen and oxygen atoms in total. The molecule has 0 rings (SSSR count). The molecule has 0 aromatic heterocycles. The fraction of sp³-hybridized carbons (Fsp3) is 0.722. The molecule has 0 aliphatic heterocycles. The molecule has 0 saturated heterocycles. The molecule has 0 radical (unpaired) electrons. The zero-order valence-corrected chi connectivity index (χ0v) is 31.6. The predicted octanol–water partition coefficient (Wildman–Crippen LogP) is 2.52. The van der Waals surface area contributed by atoms with Crippen LogP contribution in [0.25, 0.3) is 0 Å². The number of rotatable bonds is 35. The molecule has 56 heavy (non-hydrogen) atoms. The lowest BCUT2D eigenvalue weighted by Gasteiger charge is -2.08. The van der Waals surface area contributed by atoms with Gasteiger partial charge in [-0.25, -0.2) is 0 Å². The van der Waals surface area contributed by atoms with Crippen LogP contribution in [0.1, 0.15) is 116 Å². The summed E-state index contributed by atoms with van der Waals surface area (Å²) in [6.07, 6.45) is 1.18. The zero-order valence-electron chi connectivity index (χ0n) is 31.6. The van der Waals surface area contributed by atoms with Crippen LogP contribution in [0.4, 0.5) is 0 Å². The van der Waals surface area contributed by atoms with Crippen molar-refractivity contribution < 1.29 is 96.1 Å². The van der Waals surface area contributed by atoms with Gasteiger partial charge in [0.15, 0.2) is 0 Å².